The molecule has 2 fully saturated rings. The molecule has 5 atom stereocenters. The van der Waals surface area contributed by atoms with Gasteiger partial charge in [0.15, 0.2) is 0 Å². The number of likely N-dealkylation sites (N-methyl/N-ethyl adjacent to an activating group) is 1. The number of aliphatic hydroxyl groups is 1. The van der Waals surface area contributed by atoms with Crippen molar-refractivity contribution in [2.45, 2.75) is 42.7 Å². The zero-order valence-corrected chi connectivity index (χ0v) is 23.3. The van der Waals surface area contributed by atoms with Crippen LogP contribution in [0.5, 0.6) is 0 Å². The van der Waals surface area contributed by atoms with Gasteiger partial charge in [0.25, 0.3) is 5.91 Å². The van der Waals surface area contributed by atoms with Crippen molar-refractivity contribution in [1.82, 2.24) is 9.80 Å². The van der Waals surface area contributed by atoms with E-state index in [1.807, 2.05) is 36.4 Å². The molecule has 2 saturated heterocycles. The molecule has 1 spiro atoms. The van der Waals surface area contributed by atoms with E-state index in [-0.39, 0.29) is 29.6 Å². The number of rotatable bonds is 8. The van der Waals surface area contributed by atoms with Gasteiger partial charge in [-0.3, -0.25) is 14.4 Å². The first-order chi connectivity index (χ1) is 18.4. The number of hydrogen-bond donors (Lipinski definition) is 1. The highest BCUT2D eigenvalue weighted by atomic mass is 32.2. The van der Waals surface area contributed by atoms with E-state index in [1.165, 1.54) is 0 Å². The number of unbranched alkanes of at least 4 members (excludes halogenated alkanes) is 1. The van der Waals surface area contributed by atoms with Crippen LogP contribution in [0.2, 0.25) is 0 Å². The van der Waals surface area contributed by atoms with E-state index in [1.54, 1.807) is 33.5 Å². The van der Waals surface area contributed by atoms with Gasteiger partial charge in [-0.1, -0.05) is 24.3 Å². The Morgan fingerprint density at radius 1 is 1.00 bits per heavy atom. The summed E-state index contributed by atoms with van der Waals surface area (Å²) in [5.74, 6) is -1.37. The normalized spacial score (nSPS) is 30.3. The topological polar surface area (TPSA) is 84.4 Å². The summed E-state index contributed by atoms with van der Waals surface area (Å²) in [6, 6.07) is 7.35. The standard InChI is InChI=1S/C29H38N4O4S/c1-4-31(5-2)20-11-13-21(14-12-20)32-18-9-15-29-24(23-22(38-29)10-8-16-30(3)26(23)35)27(36)33(17-6-7-19-34)25(29)28(32)37/h8-15,22-25,34H,4-7,16-19H2,1-3H3/t22-,23+,24+,25?,29+/m1/s1. The molecule has 1 unspecified atom stereocenters. The van der Waals surface area contributed by atoms with Crippen LogP contribution in [-0.2, 0) is 14.4 Å². The first-order valence-corrected chi connectivity index (χ1v) is 14.6. The Kier molecular flexibility index (Phi) is 7.60. The Hall–Kier alpha value is -2.78. The van der Waals surface area contributed by atoms with Gasteiger partial charge < -0.3 is 24.7 Å². The van der Waals surface area contributed by atoms with E-state index < -0.39 is 22.6 Å². The van der Waals surface area contributed by atoms with Crippen molar-refractivity contribution in [2.24, 2.45) is 11.8 Å². The summed E-state index contributed by atoms with van der Waals surface area (Å²) in [6.07, 6.45) is 9.26. The maximum absolute atomic E-state index is 14.4. The monoisotopic (exact) mass is 538 g/mol. The third-order valence-electron chi connectivity index (χ3n) is 8.46. The summed E-state index contributed by atoms with van der Waals surface area (Å²) in [6.45, 7) is 7.40. The average molecular weight is 539 g/mol. The number of likely N-dealkylation sites (tertiary alicyclic amines) is 1. The molecule has 0 saturated carbocycles. The van der Waals surface area contributed by atoms with E-state index in [9.17, 15) is 19.5 Å². The van der Waals surface area contributed by atoms with Gasteiger partial charge in [-0.25, -0.2) is 0 Å². The van der Waals surface area contributed by atoms with Crippen LogP contribution in [0.15, 0.2) is 48.6 Å². The Bertz CT molecular complexity index is 1130. The van der Waals surface area contributed by atoms with Gasteiger partial charge in [0.2, 0.25) is 11.8 Å². The van der Waals surface area contributed by atoms with Crippen molar-refractivity contribution in [3.63, 3.8) is 0 Å². The van der Waals surface area contributed by atoms with Crippen LogP contribution in [0.25, 0.3) is 0 Å². The fourth-order valence-electron chi connectivity index (χ4n) is 6.56. The van der Waals surface area contributed by atoms with E-state index in [0.717, 1.165) is 24.5 Å². The van der Waals surface area contributed by atoms with Gasteiger partial charge >= 0.3 is 0 Å². The minimum absolute atomic E-state index is 0.0346. The van der Waals surface area contributed by atoms with Gasteiger partial charge in [-0.15, -0.1) is 11.8 Å². The van der Waals surface area contributed by atoms with Crippen molar-refractivity contribution in [3.8, 4) is 0 Å². The third-order valence-corrected chi connectivity index (χ3v) is 10.2. The lowest BCUT2D eigenvalue weighted by molar-refractivity contribution is -0.142. The van der Waals surface area contributed by atoms with Crippen LogP contribution in [-0.4, -0.2) is 95.0 Å². The molecule has 0 radical (unpaired) electrons. The van der Waals surface area contributed by atoms with Crippen molar-refractivity contribution in [1.29, 1.82) is 0 Å². The van der Waals surface area contributed by atoms with E-state index in [2.05, 4.69) is 30.9 Å². The third kappa shape index (κ3) is 4.24. The Morgan fingerprint density at radius 3 is 2.42 bits per heavy atom. The van der Waals surface area contributed by atoms with Crippen LogP contribution < -0.4 is 9.80 Å². The second-order valence-corrected chi connectivity index (χ2v) is 12.0. The van der Waals surface area contributed by atoms with E-state index >= 15 is 0 Å². The summed E-state index contributed by atoms with van der Waals surface area (Å²) in [4.78, 5) is 49.4. The lowest BCUT2D eigenvalue weighted by atomic mass is 9.78. The maximum Gasteiger partial charge on any atom is 0.251 e. The molecule has 8 nitrogen and oxygen atoms in total. The van der Waals surface area contributed by atoms with E-state index in [4.69, 9.17) is 0 Å². The van der Waals surface area contributed by atoms with Gasteiger partial charge in [-0.05, 0) is 51.0 Å². The molecule has 1 aromatic carbocycles. The predicted molar refractivity (Wildman–Crippen MR) is 151 cm³/mol. The number of nitrogens with zero attached hydrogens (tertiary/aromatic N) is 4. The SMILES string of the molecule is CCN(CC)c1ccc(N2CC=C[C@]34S[C@@H]5C=CCN(C)C(=O)[C@@H]5[C@H]3C(=O)N(CCCCO)C4C2=O)cc1. The smallest absolute Gasteiger partial charge is 0.251 e. The summed E-state index contributed by atoms with van der Waals surface area (Å²) in [5, 5.41) is 9.23. The highest BCUT2D eigenvalue weighted by Crippen LogP contribution is 2.61. The molecule has 9 heteroatoms. The Morgan fingerprint density at radius 2 is 1.74 bits per heavy atom. The summed E-state index contributed by atoms with van der Waals surface area (Å²) >= 11 is 1.60. The zero-order valence-electron chi connectivity index (χ0n) is 22.5. The van der Waals surface area contributed by atoms with Gasteiger partial charge in [0, 0.05) is 63.0 Å². The van der Waals surface area contributed by atoms with E-state index in [0.29, 0.717) is 32.5 Å². The second-order valence-electron chi connectivity index (χ2n) is 10.5. The first-order valence-electron chi connectivity index (χ1n) is 13.7. The molecule has 204 valence electrons. The highest BCUT2D eigenvalue weighted by molar-refractivity contribution is 8.02. The largest absolute Gasteiger partial charge is 0.396 e. The molecule has 4 aliphatic heterocycles. The van der Waals surface area contributed by atoms with Crippen LogP contribution in [0.3, 0.4) is 0 Å². The number of carbonyl (C=O) groups excluding carboxylic acids is 3. The lowest BCUT2D eigenvalue weighted by Crippen LogP contribution is -2.53. The predicted octanol–water partition coefficient (Wildman–Crippen LogP) is 2.53. The van der Waals surface area contributed by atoms with Crippen molar-refractivity contribution in [3.05, 3.63) is 48.6 Å². The van der Waals surface area contributed by atoms with Crippen molar-refractivity contribution >= 4 is 40.9 Å². The Labute approximate surface area is 229 Å². The van der Waals surface area contributed by atoms with Crippen molar-refractivity contribution in [2.75, 3.05) is 56.2 Å². The van der Waals surface area contributed by atoms with Gasteiger partial charge in [0.05, 0.1) is 16.6 Å². The molecular formula is C29H38N4O4S. The minimum atomic E-state index is -0.809. The fourth-order valence-corrected chi connectivity index (χ4v) is 8.57. The highest BCUT2D eigenvalue weighted by Gasteiger charge is 2.70. The molecule has 4 aliphatic rings. The fraction of sp³-hybridized carbons (Fsp3) is 0.552. The molecule has 1 N–H and O–H groups in total. The number of benzene rings is 1. The number of fused-ring (bicyclic) bond motifs is 2. The summed E-state index contributed by atoms with van der Waals surface area (Å²) in [5.41, 5.74) is 1.91. The molecule has 4 heterocycles. The second kappa shape index (κ2) is 10.8. The number of aliphatic hydroxyl groups excluding tert-OH is 1. The summed E-state index contributed by atoms with van der Waals surface area (Å²) in [7, 11) is 1.78. The molecule has 5 rings (SSSR count). The number of thioether (sulfide) groups is 1. The molecule has 0 bridgehead atoms. The van der Waals surface area contributed by atoms with Crippen LogP contribution in [0.4, 0.5) is 11.4 Å². The minimum Gasteiger partial charge on any atom is -0.396 e. The van der Waals surface area contributed by atoms with Crippen LogP contribution in [0.1, 0.15) is 26.7 Å². The van der Waals surface area contributed by atoms with Crippen molar-refractivity contribution < 1.29 is 19.5 Å². The number of carbonyl (C=O) groups is 3. The quantitative estimate of drug-likeness (QED) is 0.405. The zero-order chi connectivity index (χ0) is 27.0. The Balaban J connectivity index is 1.53. The van der Waals surface area contributed by atoms with Crippen LogP contribution in [0, 0.1) is 11.8 Å². The molecular weight excluding hydrogens is 500 g/mol. The molecule has 1 aromatic rings. The van der Waals surface area contributed by atoms with Gasteiger partial charge in [0.1, 0.15) is 6.04 Å². The summed E-state index contributed by atoms with van der Waals surface area (Å²) < 4.78 is -0.809. The lowest BCUT2D eigenvalue weighted by Gasteiger charge is -2.35. The average Bonchev–Trinajstić information content (AvgIpc) is 3.24. The molecule has 0 aromatic heterocycles. The van der Waals surface area contributed by atoms with Crippen LogP contribution >= 0.6 is 11.8 Å². The van der Waals surface area contributed by atoms with Gasteiger partial charge in [-0.2, -0.15) is 0 Å². The molecule has 0 aliphatic carbocycles. The number of hydrogen-bond acceptors (Lipinski definition) is 6. The molecule has 38 heavy (non-hydrogen) atoms. The molecule has 3 amide bonds. The number of anilines is 2. The number of amides is 3. The maximum atomic E-state index is 14.4. The first kappa shape index (κ1) is 26.8.